The van der Waals surface area contributed by atoms with Crippen LogP contribution in [0.5, 0.6) is 0 Å². The summed E-state index contributed by atoms with van der Waals surface area (Å²) in [6, 6.07) is 2.60. The second kappa shape index (κ2) is 4.66. The molecule has 0 radical (unpaired) electrons. The van der Waals surface area contributed by atoms with Crippen molar-refractivity contribution in [3.8, 4) is 0 Å². The number of thiophene rings is 1. The van der Waals surface area contributed by atoms with Crippen molar-refractivity contribution in [1.29, 1.82) is 0 Å². The number of nitrogens with one attached hydrogen (secondary N) is 1. The minimum atomic E-state index is 0.356. The number of hydrazine groups is 1. The Morgan fingerprint density at radius 1 is 1.64 bits per heavy atom. The molecule has 2 unspecified atom stereocenters. The van der Waals surface area contributed by atoms with Gasteiger partial charge in [-0.15, -0.1) is 11.3 Å². The standard InChI is InChI=1S/C10H16N2S2/c1-7-4-9(6-14-7)10(12-11)8-2-3-13-5-8/h4,6,8,10,12H,2-3,5,11H2,1H3. The number of hydrogen-bond donors (Lipinski definition) is 2. The van der Waals surface area contributed by atoms with Crippen molar-refractivity contribution in [3.63, 3.8) is 0 Å². The Kier molecular flexibility index (Phi) is 3.49. The Hall–Kier alpha value is -0.0300. The first-order valence-corrected chi connectivity index (χ1v) is 6.93. The molecule has 0 spiro atoms. The molecule has 4 heteroatoms. The summed E-state index contributed by atoms with van der Waals surface area (Å²) in [7, 11) is 0. The van der Waals surface area contributed by atoms with E-state index in [9.17, 15) is 0 Å². The zero-order chi connectivity index (χ0) is 9.97. The van der Waals surface area contributed by atoms with Crippen LogP contribution >= 0.6 is 23.1 Å². The van der Waals surface area contributed by atoms with E-state index in [1.165, 1.54) is 28.4 Å². The zero-order valence-corrected chi connectivity index (χ0v) is 9.96. The third-order valence-electron chi connectivity index (χ3n) is 2.73. The fraction of sp³-hybridized carbons (Fsp3) is 0.600. The van der Waals surface area contributed by atoms with Crippen molar-refractivity contribution in [3.05, 3.63) is 21.9 Å². The SMILES string of the molecule is Cc1cc(C(NN)C2CCSC2)cs1. The quantitative estimate of drug-likeness (QED) is 0.616. The van der Waals surface area contributed by atoms with Gasteiger partial charge in [-0.2, -0.15) is 11.8 Å². The van der Waals surface area contributed by atoms with Crippen molar-refractivity contribution < 1.29 is 0 Å². The number of nitrogens with two attached hydrogens (primary N) is 1. The largest absolute Gasteiger partial charge is 0.271 e. The van der Waals surface area contributed by atoms with Gasteiger partial charge in [0.05, 0.1) is 6.04 Å². The molecule has 0 amide bonds. The van der Waals surface area contributed by atoms with E-state index in [0.717, 1.165) is 0 Å². The Morgan fingerprint density at radius 2 is 2.50 bits per heavy atom. The van der Waals surface area contributed by atoms with Gasteiger partial charge in [0, 0.05) is 4.88 Å². The lowest BCUT2D eigenvalue weighted by atomic mass is 9.95. The number of thioether (sulfide) groups is 1. The van der Waals surface area contributed by atoms with Crippen LogP contribution in [-0.2, 0) is 0 Å². The average Bonchev–Trinajstić information content (AvgIpc) is 2.79. The number of hydrogen-bond acceptors (Lipinski definition) is 4. The predicted octanol–water partition coefficient (Wildman–Crippen LogP) is 2.31. The predicted molar refractivity (Wildman–Crippen MR) is 64.6 cm³/mol. The summed E-state index contributed by atoms with van der Waals surface area (Å²) in [5.74, 6) is 8.87. The maximum absolute atomic E-state index is 5.64. The van der Waals surface area contributed by atoms with Crippen LogP contribution in [0.1, 0.15) is 22.9 Å². The minimum absolute atomic E-state index is 0.356. The fourth-order valence-corrected chi connectivity index (χ4v) is 3.99. The molecule has 78 valence electrons. The summed E-state index contributed by atoms with van der Waals surface area (Å²) < 4.78 is 0. The van der Waals surface area contributed by atoms with E-state index >= 15 is 0 Å². The van der Waals surface area contributed by atoms with Crippen molar-refractivity contribution >= 4 is 23.1 Å². The van der Waals surface area contributed by atoms with Gasteiger partial charge in [-0.3, -0.25) is 11.3 Å². The summed E-state index contributed by atoms with van der Waals surface area (Å²) in [5, 5.41) is 2.23. The lowest BCUT2D eigenvalue weighted by molar-refractivity contribution is 0.401. The van der Waals surface area contributed by atoms with Crippen LogP contribution in [0.3, 0.4) is 0 Å². The summed E-state index contributed by atoms with van der Waals surface area (Å²) in [6.45, 7) is 2.14. The molecule has 0 saturated carbocycles. The smallest absolute Gasteiger partial charge is 0.0504 e. The van der Waals surface area contributed by atoms with E-state index in [-0.39, 0.29) is 0 Å². The van der Waals surface area contributed by atoms with E-state index in [2.05, 4.69) is 23.8 Å². The van der Waals surface area contributed by atoms with Gasteiger partial charge in [0.15, 0.2) is 0 Å². The van der Waals surface area contributed by atoms with Crippen LogP contribution in [0.15, 0.2) is 11.4 Å². The Bertz CT molecular complexity index is 292. The van der Waals surface area contributed by atoms with E-state index in [0.29, 0.717) is 12.0 Å². The van der Waals surface area contributed by atoms with Gasteiger partial charge in [0.25, 0.3) is 0 Å². The second-order valence-electron chi connectivity index (χ2n) is 3.76. The molecule has 2 heterocycles. The normalized spacial score (nSPS) is 24.0. The molecule has 1 aliphatic heterocycles. The molecule has 3 N–H and O–H groups in total. The molecule has 0 bridgehead atoms. The van der Waals surface area contributed by atoms with E-state index in [1.54, 1.807) is 11.3 Å². The highest BCUT2D eigenvalue weighted by Gasteiger charge is 2.26. The monoisotopic (exact) mass is 228 g/mol. The highest BCUT2D eigenvalue weighted by Crippen LogP contribution is 2.35. The average molecular weight is 228 g/mol. The Balaban J connectivity index is 2.12. The molecule has 2 atom stereocenters. The summed E-state index contributed by atoms with van der Waals surface area (Å²) in [6.07, 6.45) is 1.29. The second-order valence-corrected chi connectivity index (χ2v) is 6.02. The third kappa shape index (κ3) is 2.14. The first kappa shape index (κ1) is 10.5. The molecule has 2 nitrogen and oxygen atoms in total. The molecule has 2 rings (SSSR count). The minimum Gasteiger partial charge on any atom is -0.271 e. The molecule has 0 aromatic carbocycles. The summed E-state index contributed by atoms with van der Waals surface area (Å²) in [5.41, 5.74) is 4.33. The van der Waals surface area contributed by atoms with E-state index < -0.39 is 0 Å². The van der Waals surface area contributed by atoms with Crippen molar-refractivity contribution in [2.24, 2.45) is 11.8 Å². The summed E-state index contributed by atoms with van der Waals surface area (Å²) >= 11 is 3.84. The van der Waals surface area contributed by atoms with Gasteiger partial charge >= 0.3 is 0 Å². The van der Waals surface area contributed by atoms with Crippen LogP contribution < -0.4 is 11.3 Å². The molecular formula is C10H16N2S2. The van der Waals surface area contributed by atoms with Gasteiger partial charge in [0.1, 0.15) is 0 Å². The molecule has 1 aromatic heterocycles. The third-order valence-corrected chi connectivity index (χ3v) is 4.79. The van der Waals surface area contributed by atoms with Crippen LogP contribution in [-0.4, -0.2) is 11.5 Å². The van der Waals surface area contributed by atoms with Crippen LogP contribution in [0.4, 0.5) is 0 Å². The Morgan fingerprint density at radius 3 is 3.00 bits per heavy atom. The van der Waals surface area contributed by atoms with Crippen LogP contribution in [0, 0.1) is 12.8 Å². The Labute approximate surface area is 93.2 Å². The zero-order valence-electron chi connectivity index (χ0n) is 8.32. The van der Waals surface area contributed by atoms with Crippen molar-refractivity contribution in [2.75, 3.05) is 11.5 Å². The lowest BCUT2D eigenvalue weighted by Crippen LogP contribution is -2.33. The molecule has 14 heavy (non-hydrogen) atoms. The van der Waals surface area contributed by atoms with Gasteiger partial charge in [-0.25, -0.2) is 0 Å². The highest BCUT2D eigenvalue weighted by molar-refractivity contribution is 7.99. The topological polar surface area (TPSA) is 38.0 Å². The molecule has 1 fully saturated rings. The number of aryl methyl sites for hydroxylation is 1. The van der Waals surface area contributed by atoms with E-state index in [1.807, 2.05) is 11.8 Å². The van der Waals surface area contributed by atoms with Gasteiger partial charge in [-0.05, 0) is 47.8 Å². The highest BCUT2D eigenvalue weighted by atomic mass is 32.2. The number of rotatable bonds is 3. The van der Waals surface area contributed by atoms with Gasteiger partial charge in [0.2, 0.25) is 0 Å². The van der Waals surface area contributed by atoms with Crippen molar-refractivity contribution in [1.82, 2.24) is 5.43 Å². The first-order chi connectivity index (χ1) is 6.81. The van der Waals surface area contributed by atoms with Gasteiger partial charge in [-0.1, -0.05) is 0 Å². The van der Waals surface area contributed by atoms with Crippen molar-refractivity contribution in [2.45, 2.75) is 19.4 Å². The first-order valence-electron chi connectivity index (χ1n) is 4.90. The van der Waals surface area contributed by atoms with Crippen LogP contribution in [0.2, 0.25) is 0 Å². The molecule has 1 aromatic rings. The summed E-state index contributed by atoms with van der Waals surface area (Å²) in [4.78, 5) is 1.37. The van der Waals surface area contributed by atoms with Crippen LogP contribution in [0.25, 0.3) is 0 Å². The fourth-order valence-electron chi connectivity index (χ4n) is 1.95. The molecule has 1 aliphatic rings. The molecular weight excluding hydrogens is 212 g/mol. The molecule has 1 saturated heterocycles. The molecule has 0 aliphatic carbocycles. The maximum atomic E-state index is 5.64. The van der Waals surface area contributed by atoms with E-state index in [4.69, 9.17) is 5.84 Å². The van der Waals surface area contributed by atoms with Gasteiger partial charge < -0.3 is 0 Å². The maximum Gasteiger partial charge on any atom is 0.0504 e. The lowest BCUT2D eigenvalue weighted by Gasteiger charge is -2.20.